The number of aliphatic hydroxyl groups is 2. The summed E-state index contributed by atoms with van der Waals surface area (Å²) in [5.41, 5.74) is 2.44. The zero-order valence-corrected chi connectivity index (χ0v) is 7.24. The Morgan fingerprint density at radius 2 is 2.08 bits per heavy atom. The van der Waals surface area contributed by atoms with Gasteiger partial charge in [-0.2, -0.15) is 5.06 Å². The molecule has 0 radical (unpaired) electrons. The van der Waals surface area contributed by atoms with Crippen molar-refractivity contribution in [2.45, 2.75) is 13.8 Å². The standard InChI is InChI=1S/C8H13NO3/c1-6-4-12-9(5-11)7(2)8(6)3-10/h4,10-11H,3,5H2,1-2H3. The van der Waals surface area contributed by atoms with Gasteiger partial charge in [0.25, 0.3) is 0 Å². The predicted octanol–water partition coefficient (Wildman–Crippen LogP) is 0.353. The lowest BCUT2D eigenvalue weighted by molar-refractivity contribution is -0.126. The van der Waals surface area contributed by atoms with Crippen LogP contribution < -0.4 is 0 Å². The van der Waals surface area contributed by atoms with Gasteiger partial charge in [0.1, 0.15) is 6.26 Å². The maximum atomic E-state index is 8.98. The molecule has 0 bridgehead atoms. The van der Waals surface area contributed by atoms with Crippen molar-refractivity contribution >= 4 is 0 Å². The Morgan fingerprint density at radius 1 is 1.42 bits per heavy atom. The van der Waals surface area contributed by atoms with Gasteiger partial charge in [-0.1, -0.05) is 0 Å². The lowest BCUT2D eigenvalue weighted by atomic mass is 10.1. The molecule has 0 atom stereocenters. The lowest BCUT2D eigenvalue weighted by Crippen LogP contribution is -2.26. The van der Waals surface area contributed by atoms with Crippen LogP contribution in [0.1, 0.15) is 13.8 Å². The van der Waals surface area contributed by atoms with E-state index in [1.807, 2.05) is 6.92 Å². The largest absolute Gasteiger partial charge is 0.392 e. The molecule has 0 spiro atoms. The van der Waals surface area contributed by atoms with Crippen LogP contribution in [0.5, 0.6) is 0 Å². The Bertz CT molecular complexity index is 232. The Hall–Kier alpha value is -1.00. The predicted molar refractivity (Wildman–Crippen MR) is 43.6 cm³/mol. The van der Waals surface area contributed by atoms with Crippen molar-refractivity contribution in [2.75, 3.05) is 13.3 Å². The molecule has 1 rings (SSSR count). The number of nitrogens with zero attached hydrogens (tertiary/aromatic N) is 1. The second kappa shape index (κ2) is 3.60. The van der Waals surface area contributed by atoms with E-state index < -0.39 is 0 Å². The van der Waals surface area contributed by atoms with E-state index in [0.717, 1.165) is 16.8 Å². The van der Waals surface area contributed by atoms with Crippen LogP contribution in [0.4, 0.5) is 0 Å². The molecular formula is C8H13NO3. The topological polar surface area (TPSA) is 52.9 Å². The van der Waals surface area contributed by atoms with Gasteiger partial charge in [-0.05, 0) is 19.4 Å². The maximum Gasteiger partial charge on any atom is 0.150 e. The van der Waals surface area contributed by atoms with Gasteiger partial charge in [-0.15, -0.1) is 0 Å². The van der Waals surface area contributed by atoms with Crippen LogP contribution in [0.2, 0.25) is 0 Å². The van der Waals surface area contributed by atoms with Gasteiger partial charge in [-0.3, -0.25) is 0 Å². The number of allylic oxidation sites excluding steroid dienone is 1. The molecule has 4 heteroatoms. The molecule has 4 nitrogen and oxygen atoms in total. The second-order valence-electron chi connectivity index (χ2n) is 2.65. The Labute approximate surface area is 71.3 Å². The summed E-state index contributed by atoms with van der Waals surface area (Å²) >= 11 is 0. The molecule has 0 unspecified atom stereocenters. The SMILES string of the molecule is CC1=CON(CO)C(C)=C1CO. The Kier molecular flexibility index (Phi) is 2.73. The summed E-state index contributed by atoms with van der Waals surface area (Å²) in [6, 6.07) is 0. The molecule has 0 amide bonds. The van der Waals surface area contributed by atoms with Crippen LogP contribution in [0.25, 0.3) is 0 Å². The molecule has 1 aliphatic rings. The summed E-state index contributed by atoms with van der Waals surface area (Å²) in [5, 5.41) is 19.1. The maximum absolute atomic E-state index is 8.98. The fourth-order valence-electron chi connectivity index (χ4n) is 1.11. The minimum Gasteiger partial charge on any atom is -0.392 e. The average molecular weight is 171 g/mol. The van der Waals surface area contributed by atoms with Gasteiger partial charge in [0, 0.05) is 5.57 Å². The third-order valence-electron chi connectivity index (χ3n) is 1.93. The quantitative estimate of drug-likeness (QED) is 0.629. The lowest BCUT2D eigenvalue weighted by Gasteiger charge is -2.27. The van der Waals surface area contributed by atoms with E-state index in [1.54, 1.807) is 6.92 Å². The highest BCUT2D eigenvalue weighted by molar-refractivity contribution is 5.33. The van der Waals surface area contributed by atoms with E-state index >= 15 is 0 Å². The van der Waals surface area contributed by atoms with Crippen LogP contribution in [0.15, 0.2) is 23.1 Å². The number of aliphatic hydroxyl groups excluding tert-OH is 2. The molecule has 0 aromatic rings. The van der Waals surface area contributed by atoms with Crippen molar-refractivity contribution in [3.8, 4) is 0 Å². The molecule has 0 aromatic heterocycles. The zero-order chi connectivity index (χ0) is 9.14. The molecule has 68 valence electrons. The first-order valence-electron chi connectivity index (χ1n) is 3.73. The highest BCUT2D eigenvalue weighted by Gasteiger charge is 2.16. The third kappa shape index (κ3) is 1.44. The smallest absolute Gasteiger partial charge is 0.150 e. The van der Waals surface area contributed by atoms with Crippen molar-refractivity contribution in [3.05, 3.63) is 23.1 Å². The van der Waals surface area contributed by atoms with Crippen molar-refractivity contribution in [1.29, 1.82) is 0 Å². The minimum atomic E-state index is -0.209. The van der Waals surface area contributed by atoms with E-state index in [4.69, 9.17) is 15.1 Å². The van der Waals surface area contributed by atoms with Crippen LogP contribution in [0, 0.1) is 0 Å². The summed E-state index contributed by atoms with van der Waals surface area (Å²) in [7, 11) is 0. The minimum absolute atomic E-state index is 0.0337. The molecule has 0 saturated heterocycles. The van der Waals surface area contributed by atoms with Gasteiger partial charge in [0.05, 0.1) is 12.3 Å². The van der Waals surface area contributed by atoms with E-state index in [9.17, 15) is 0 Å². The molecule has 1 heterocycles. The van der Waals surface area contributed by atoms with Crippen LogP contribution in [-0.4, -0.2) is 28.6 Å². The first-order valence-corrected chi connectivity index (χ1v) is 3.73. The summed E-state index contributed by atoms with van der Waals surface area (Å²) in [6.45, 7) is 3.40. The Balaban J connectivity index is 2.92. The molecule has 1 aliphatic heterocycles. The number of rotatable bonds is 2. The molecule has 0 saturated carbocycles. The fraction of sp³-hybridized carbons (Fsp3) is 0.500. The average Bonchev–Trinajstić information content (AvgIpc) is 2.06. The van der Waals surface area contributed by atoms with Gasteiger partial charge >= 0.3 is 0 Å². The van der Waals surface area contributed by atoms with Crippen LogP contribution in [0.3, 0.4) is 0 Å². The van der Waals surface area contributed by atoms with Gasteiger partial charge in [-0.25, -0.2) is 0 Å². The van der Waals surface area contributed by atoms with E-state index in [2.05, 4.69) is 0 Å². The molecule has 0 aromatic carbocycles. The highest BCUT2D eigenvalue weighted by Crippen LogP contribution is 2.22. The van der Waals surface area contributed by atoms with E-state index in [-0.39, 0.29) is 13.3 Å². The monoisotopic (exact) mass is 171 g/mol. The Morgan fingerprint density at radius 3 is 2.58 bits per heavy atom. The van der Waals surface area contributed by atoms with Crippen LogP contribution in [-0.2, 0) is 4.84 Å². The first-order chi connectivity index (χ1) is 5.70. The number of hydroxylamine groups is 2. The van der Waals surface area contributed by atoms with Crippen molar-refractivity contribution in [2.24, 2.45) is 0 Å². The molecule has 0 fully saturated rings. The number of hydrogen-bond donors (Lipinski definition) is 2. The van der Waals surface area contributed by atoms with Gasteiger partial charge in [0.2, 0.25) is 0 Å². The molecular weight excluding hydrogens is 158 g/mol. The van der Waals surface area contributed by atoms with Crippen molar-refractivity contribution < 1.29 is 15.1 Å². The highest BCUT2D eigenvalue weighted by atomic mass is 16.7. The molecule has 2 N–H and O–H groups in total. The van der Waals surface area contributed by atoms with Crippen molar-refractivity contribution in [1.82, 2.24) is 5.06 Å². The van der Waals surface area contributed by atoms with E-state index in [1.165, 1.54) is 11.3 Å². The van der Waals surface area contributed by atoms with Gasteiger partial charge < -0.3 is 15.1 Å². The summed E-state index contributed by atoms with van der Waals surface area (Å²) in [4.78, 5) is 5.04. The summed E-state index contributed by atoms with van der Waals surface area (Å²) in [5.74, 6) is 0. The van der Waals surface area contributed by atoms with Crippen molar-refractivity contribution in [3.63, 3.8) is 0 Å². The normalized spacial score (nSPS) is 17.7. The van der Waals surface area contributed by atoms with E-state index in [0.29, 0.717) is 0 Å². The molecule has 0 aliphatic carbocycles. The molecule has 12 heavy (non-hydrogen) atoms. The summed E-state index contributed by atoms with van der Waals surface area (Å²) < 4.78 is 0. The summed E-state index contributed by atoms with van der Waals surface area (Å²) in [6.07, 6.45) is 1.51. The third-order valence-corrected chi connectivity index (χ3v) is 1.93. The first kappa shape index (κ1) is 9.09. The second-order valence-corrected chi connectivity index (χ2v) is 2.65. The zero-order valence-electron chi connectivity index (χ0n) is 7.24. The van der Waals surface area contributed by atoms with Crippen LogP contribution >= 0.6 is 0 Å². The van der Waals surface area contributed by atoms with Gasteiger partial charge in [0.15, 0.2) is 6.73 Å². The number of hydrogen-bond acceptors (Lipinski definition) is 4. The fourth-order valence-corrected chi connectivity index (χ4v) is 1.11.